The fourth-order valence-corrected chi connectivity index (χ4v) is 4.18. The predicted octanol–water partition coefficient (Wildman–Crippen LogP) is 4.25. The van der Waals surface area contributed by atoms with Gasteiger partial charge in [-0.05, 0) is 42.8 Å². The first-order valence-corrected chi connectivity index (χ1v) is 10.0. The Kier molecular flexibility index (Phi) is 4.69. The summed E-state index contributed by atoms with van der Waals surface area (Å²) in [5.74, 6) is -0.114. The minimum Gasteiger partial charge on any atom is -0.332 e. The molecule has 0 unspecified atom stereocenters. The third kappa shape index (κ3) is 3.49. The van der Waals surface area contributed by atoms with Crippen LogP contribution in [0.15, 0.2) is 54.9 Å². The summed E-state index contributed by atoms with van der Waals surface area (Å²) in [6, 6.07) is 11.7. The lowest BCUT2D eigenvalue weighted by atomic mass is 9.99. The van der Waals surface area contributed by atoms with Gasteiger partial charge in [0.15, 0.2) is 0 Å². The van der Waals surface area contributed by atoms with Crippen LogP contribution >= 0.6 is 0 Å². The number of carbonyl (C=O) groups excluding carboxylic acids is 1. The maximum atomic E-state index is 13.1. The van der Waals surface area contributed by atoms with E-state index < -0.39 is 11.9 Å². The van der Waals surface area contributed by atoms with Crippen LogP contribution in [-0.2, 0) is 26.2 Å². The summed E-state index contributed by atoms with van der Waals surface area (Å²) in [6.45, 7) is 0.747. The first-order chi connectivity index (χ1) is 15.3. The second-order valence-corrected chi connectivity index (χ2v) is 7.71. The zero-order chi connectivity index (χ0) is 22.5. The number of halogens is 3. The molecule has 6 nitrogen and oxygen atoms in total. The fraction of sp³-hybridized carbons (Fsp3) is 0.217. The van der Waals surface area contributed by atoms with Gasteiger partial charge in [-0.25, -0.2) is 0 Å². The first kappa shape index (κ1) is 20.2. The van der Waals surface area contributed by atoms with Crippen LogP contribution in [0.1, 0.15) is 27.3 Å². The van der Waals surface area contributed by atoms with Crippen molar-refractivity contribution in [2.24, 2.45) is 7.05 Å². The molecule has 9 heteroatoms. The van der Waals surface area contributed by atoms with Gasteiger partial charge >= 0.3 is 6.18 Å². The van der Waals surface area contributed by atoms with E-state index in [-0.39, 0.29) is 5.91 Å². The highest BCUT2D eigenvalue weighted by molar-refractivity contribution is 5.98. The van der Waals surface area contributed by atoms with E-state index in [1.54, 1.807) is 35.0 Å². The summed E-state index contributed by atoms with van der Waals surface area (Å²) < 4.78 is 40.9. The monoisotopic (exact) mass is 437 g/mol. The molecule has 1 amide bonds. The largest absolute Gasteiger partial charge is 0.433 e. The Bertz CT molecular complexity index is 1350. The van der Waals surface area contributed by atoms with Crippen LogP contribution in [0.2, 0.25) is 0 Å². The van der Waals surface area contributed by atoms with Crippen molar-refractivity contribution in [3.8, 4) is 11.3 Å². The second-order valence-electron chi connectivity index (χ2n) is 7.71. The quantitative estimate of drug-likeness (QED) is 0.471. The summed E-state index contributed by atoms with van der Waals surface area (Å²) >= 11 is 0. The van der Waals surface area contributed by atoms with Crippen LogP contribution < -0.4 is 0 Å². The molecule has 32 heavy (non-hydrogen) atoms. The maximum Gasteiger partial charge on any atom is 0.433 e. The smallest absolute Gasteiger partial charge is 0.332 e. The SMILES string of the molecule is Cn1nc2c(c1-c1ccnc(C(F)(F)F)c1)CCN(C(=O)c1ccc3ncccc3c1)C2. The molecule has 4 heterocycles. The van der Waals surface area contributed by atoms with E-state index in [1.807, 2.05) is 24.3 Å². The molecular formula is C23H18F3N5O. The van der Waals surface area contributed by atoms with Gasteiger partial charge in [0.05, 0.1) is 23.4 Å². The second kappa shape index (κ2) is 7.44. The fourth-order valence-electron chi connectivity index (χ4n) is 4.18. The van der Waals surface area contributed by atoms with E-state index in [9.17, 15) is 18.0 Å². The van der Waals surface area contributed by atoms with Crippen molar-refractivity contribution >= 4 is 16.8 Å². The number of rotatable bonds is 2. The van der Waals surface area contributed by atoms with Crippen LogP contribution in [0, 0.1) is 0 Å². The number of alkyl halides is 3. The Balaban J connectivity index is 1.44. The highest BCUT2D eigenvalue weighted by atomic mass is 19.4. The maximum absolute atomic E-state index is 13.1. The van der Waals surface area contributed by atoms with Crippen molar-refractivity contribution in [1.29, 1.82) is 0 Å². The summed E-state index contributed by atoms with van der Waals surface area (Å²) in [6.07, 6.45) is -1.16. The van der Waals surface area contributed by atoms with Crippen LogP contribution in [0.3, 0.4) is 0 Å². The Morgan fingerprint density at radius 3 is 2.72 bits per heavy atom. The topological polar surface area (TPSA) is 63.9 Å². The molecule has 1 aromatic carbocycles. The van der Waals surface area contributed by atoms with Crippen molar-refractivity contribution < 1.29 is 18.0 Å². The number of amides is 1. The van der Waals surface area contributed by atoms with Crippen molar-refractivity contribution in [3.05, 3.63) is 77.4 Å². The van der Waals surface area contributed by atoms with E-state index in [4.69, 9.17) is 0 Å². The van der Waals surface area contributed by atoms with E-state index in [1.165, 1.54) is 0 Å². The van der Waals surface area contributed by atoms with E-state index in [0.717, 1.165) is 28.7 Å². The molecule has 0 atom stereocenters. The molecule has 5 rings (SSSR count). The molecule has 1 aliphatic heterocycles. The van der Waals surface area contributed by atoms with Crippen LogP contribution in [-0.4, -0.2) is 37.1 Å². The van der Waals surface area contributed by atoms with Gasteiger partial charge < -0.3 is 4.90 Å². The molecule has 4 aromatic rings. The standard InChI is InChI=1S/C23H18F3N5O/c1-30-21(15-6-9-28-20(12-15)23(24,25)26)17-7-10-31(13-19(17)29-30)22(32)16-4-5-18-14(11-16)3-2-8-27-18/h2-6,8-9,11-12H,7,10,13H2,1H3. The van der Waals surface area contributed by atoms with Crippen LogP contribution in [0.5, 0.6) is 0 Å². The lowest BCUT2D eigenvalue weighted by molar-refractivity contribution is -0.141. The van der Waals surface area contributed by atoms with Crippen LogP contribution in [0.25, 0.3) is 22.2 Å². The molecule has 3 aromatic heterocycles. The highest BCUT2D eigenvalue weighted by Gasteiger charge is 2.33. The minimum atomic E-state index is -4.52. The lowest BCUT2D eigenvalue weighted by Crippen LogP contribution is -2.36. The van der Waals surface area contributed by atoms with Crippen LogP contribution in [0.4, 0.5) is 13.2 Å². The number of aromatic nitrogens is 4. The average molecular weight is 437 g/mol. The summed E-state index contributed by atoms with van der Waals surface area (Å²) in [7, 11) is 1.70. The van der Waals surface area contributed by atoms with Crippen molar-refractivity contribution in [2.75, 3.05) is 6.54 Å². The number of nitrogens with zero attached hydrogens (tertiary/aromatic N) is 5. The van der Waals surface area contributed by atoms with Gasteiger partial charge in [0.2, 0.25) is 0 Å². The predicted molar refractivity (Wildman–Crippen MR) is 112 cm³/mol. The Labute approximate surface area is 181 Å². The van der Waals surface area contributed by atoms with Gasteiger partial charge in [0, 0.05) is 48.1 Å². The number of benzene rings is 1. The molecule has 0 fully saturated rings. The molecule has 0 radical (unpaired) electrons. The minimum absolute atomic E-state index is 0.114. The van der Waals surface area contributed by atoms with Gasteiger partial charge in [-0.3, -0.25) is 19.4 Å². The van der Waals surface area contributed by atoms with Crippen molar-refractivity contribution in [3.63, 3.8) is 0 Å². The molecule has 162 valence electrons. The Morgan fingerprint density at radius 1 is 1.06 bits per heavy atom. The zero-order valence-electron chi connectivity index (χ0n) is 17.1. The number of pyridine rings is 2. The summed E-state index contributed by atoms with van der Waals surface area (Å²) in [5, 5.41) is 5.39. The number of aryl methyl sites for hydroxylation is 1. The molecule has 0 N–H and O–H groups in total. The molecule has 0 spiro atoms. The third-order valence-corrected chi connectivity index (χ3v) is 5.66. The molecular weight excluding hydrogens is 419 g/mol. The van der Waals surface area contributed by atoms with Gasteiger partial charge in [-0.15, -0.1) is 0 Å². The highest BCUT2D eigenvalue weighted by Crippen LogP contribution is 2.34. The summed E-state index contributed by atoms with van der Waals surface area (Å²) in [4.78, 5) is 22.5. The van der Waals surface area contributed by atoms with Crippen molar-refractivity contribution in [2.45, 2.75) is 19.1 Å². The molecule has 0 aliphatic carbocycles. The Morgan fingerprint density at radius 2 is 1.91 bits per heavy atom. The van der Waals surface area contributed by atoms with E-state index >= 15 is 0 Å². The normalized spacial score (nSPS) is 13.9. The van der Waals surface area contributed by atoms with E-state index in [0.29, 0.717) is 42.0 Å². The van der Waals surface area contributed by atoms with Gasteiger partial charge in [-0.2, -0.15) is 18.3 Å². The van der Waals surface area contributed by atoms with E-state index in [2.05, 4.69) is 15.1 Å². The zero-order valence-corrected chi connectivity index (χ0v) is 17.1. The van der Waals surface area contributed by atoms with Crippen molar-refractivity contribution in [1.82, 2.24) is 24.6 Å². The van der Waals surface area contributed by atoms with Gasteiger partial charge in [-0.1, -0.05) is 6.07 Å². The Hall–Kier alpha value is -3.75. The van der Waals surface area contributed by atoms with Gasteiger partial charge in [0.25, 0.3) is 5.91 Å². The molecule has 1 aliphatic rings. The number of carbonyl (C=O) groups is 1. The number of hydrogen-bond donors (Lipinski definition) is 0. The number of fused-ring (bicyclic) bond motifs is 2. The lowest BCUT2D eigenvalue weighted by Gasteiger charge is -2.27. The van der Waals surface area contributed by atoms with Gasteiger partial charge in [0.1, 0.15) is 5.69 Å². The third-order valence-electron chi connectivity index (χ3n) is 5.66. The average Bonchev–Trinajstić information content (AvgIpc) is 3.12. The number of hydrogen-bond acceptors (Lipinski definition) is 4. The molecule has 0 saturated heterocycles. The molecule has 0 bridgehead atoms. The summed E-state index contributed by atoms with van der Waals surface area (Å²) in [5.41, 5.74) is 3.02. The molecule has 0 saturated carbocycles. The first-order valence-electron chi connectivity index (χ1n) is 10.0.